The minimum absolute atomic E-state index is 0.189. The van der Waals surface area contributed by atoms with Crippen LogP contribution in [0.5, 0.6) is 0 Å². The average molecular weight is 263 g/mol. The van der Waals surface area contributed by atoms with E-state index < -0.39 is 5.72 Å². The minimum Gasteiger partial charge on any atom is -0.371 e. The van der Waals surface area contributed by atoms with E-state index in [1.807, 2.05) is 18.2 Å². The van der Waals surface area contributed by atoms with Gasteiger partial charge in [-0.15, -0.1) is 11.8 Å². The van der Waals surface area contributed by atoms with Gasteiger partial charge in [-0.05, 0) is 30.5 Å². The molecule has 1 saturated carbocycles. The summed E-state index contributed by atoms with van der Waals surface area (Å²) in [7, 11) is 1.64. The zero-order valence-corrected chi connectivity index (χ0v) is 11.3. The number of thioether (sulfide) groups is 1. The first-order chi connectivity index (χ1) is 8.80. The quantitative estimate of drug-likeness (QED) is 0.460. The lowest BCUT2D eigenvalue weighted by Gasteiger charge is -2.38. The van der Waals surface area contributed by atoms with E-state index in [2.05, 4.69) is 22.2 Å². The smallest absolute Gasteiger partial charge is 0.158 e. The van der Waals surface area contributed by atoms with Crippen LogP contribution < -0.4 is 0 Å². The highest BCUT2D eigenvalue weighted by atomic mass is 32.2. The summed E-state index contributed by atoms with van der Waals surface area (Å²) in [6.45, 7) is 0. The topological polar surface area (TPSA) is 58.0 Å². The van der Waals surface area contributed by atoms with Crippen molar-refractivity contribution in [3.63, 3.8) is 0 Å². The molecule has 0 N–H and O–H groups in total. The van der Waals surface area contributed by atoms with Crippen LogP contribution in [0.25, 0.3) is 10.4 Å². The number of methoxy groups -OCH3 is 1. The van der Waals surface area contributed by atoms with Crippen LogP contribution in [0.2, 0.25) is 0 Å². The fourth-order valence-electron chi connectivity index (χ4n) is 2.37. The number of nitrogens with zero attached hydrogens (tertiary/aromatic N) is 3. The summed E-state index contributed by atoms with van der Waals surface area (Å²) in [5, 5.41) is 4.14. The molecular weight excluding hydrogens is 246 g/mol. The normalized spacial score (nSPS) is 27.5. The molecule has 1 fully saturated rings. The molecule has 2 unspecified atom stereocenters. The molecule has 0 radical (unpaired) electrons. The molecule has 4 nitrogen and oxygen atoms in total. The predicted octanol–water partition coefficient (Wildman–Crippen LogP) is 4.37. The first-order valence-electron chi connectivity index (χ1n) is 6.14. The first-order valence-corrected chi connectivity index (χ1v) is 7.02. The maximum absolute atomic E-state index is 8.77. The zero-order chi connectivity index (χ0) is 12.8. The summed E-state index contributed by atoms with van der Waals surface area (Å²) in [4.78, 5) is 4.17. The van der Waals surface area contributed by atoms with Gasteiger partial charge in [0.2, 0.25) is 0 Å². The number of benzene rings is 1. The van der Waals surface area contributed by atoms with Gasteiger partial charge in [0.25, 0.3) is 0 Å². The molecule has 5 heteroatoms. The number of hydrogen-bond donors (Lipinski definition) is 0. The molecule has 1 aliphatic carbocycles. The molecule has 0 amide bonds. The Morgan fingerprint density at radius 2 is 2.17 bits per heavy atom. The number of rotatable bonds is 4. The summed E-state index contributed by atoms with van der Waals surface area (Å²) in [6, 6.07) is 10.2. The lowest BCUT2D eigenvalue weighted by Crippen LogP contribution is -2.42. The van der Waals surface area contributed by atoms with Gasteiger partial charge in [0.15, 0.2) is 5.72 Å². The molecule has 1 aromatic rings. The van der Waals surface area contributed by atoms with Crippen molar-refractivity contribution in [1.29, 1.82) is 0 Å². The molecule has 1 aromatic carbocycles. The molecule has 1 aliphatic rings. The van der Waals surface area contributed by atoms with Gasteiger partial charge in [0.1, 0.15) is 0 Å². The summed E-state index contributed by atoms with van der Waals surface area (Å²) in [5.74, 6) is 0. The van der Waals surface area contributed by atoms with Crippen molar-refractivity contribution in [3.05, 3.63) is 40.8 Å². The minimum atomic E-state index is -0.687. The standard InChI is InChI=1S/C13H17N3OS/c1-17-13(15-16-14)10-6-5-9-12(13)18-11-7-3-2-4-8-11/h2-4,7-8,12H,5-6,9-10H2,1H3. The lowest BCUT2D eigenvalue weighted by molar-refractivity contribution is -0.0275. The molecule has 0 spiro atoms. The largest absolute Gasteiger partial charge is 0.371 e. The van der Waals surface area contributed by atoms with Crippen molar-refractivity contribution in [3.8, 4) is 0 Å². The van der Waals surface area contributed by atoms with Crippen LogP contribution in [0, 0.1) is 0 Å². The molecule has 0 aliphatic heterocycles. The predicted molar refractivity (Wildman–Crippen MR) is 73.4 cm³/mol. The van der Waals surface area contributed by atoms with Crippen molar-refractivity contribution >= 4 is 11.8 Å². The maximum atomic E-state index is 8.77. The van der Waals surface area contributed by atoms with E-state index in [0.717, 1.165) is 25.7 Å². The Morgan fingerprint density at radius 1 is 1.39 bits per heavy atom. The van der Waals surface area contributed by atoms with E-state index in [-0.39, 0.29) is 5.25 Å². The highest BCUT2D eigenvalue weighted by molar-refractivity contribution is 8.00. The van der Waals surface area contributed by atoms with Crippen LogP contribution in [0.15, 0.2) is 40.3 Å². The number of azide groups is 1. The molecule has 0 bridgehead atoms. The Labute approximate surface area is 111 Å². The van der Waals surface area contributed by atoms with Gasteiger partial charge in [-0.3, -0.25) is 0 Å². The van der Waals surface area contributed by atoms with Crippen LogP contribution in [0.4, 0.5) is 0 Å². The highest BCUT2D eigenvalue weighted by Crippen LogP contribution is 2.42. The fraction of sp³-hybridized carbons (Fsp3) is 0.538. The van der Waals surface area contributed by atoms with Crippen LogP contribution in [-0.4, -0.2) is 18.1 Å². The van der Waals surface area contributed by atoms with Crippen molar-refractivity contribution in [1.82, 2.24) is 0 Å². The molecule has 18 heavy (non-hydrogen) atoms. The Hall–Kier alpha value is -1.16. The third-order valence-electron chi connectivity index (χ3n) is 3.34. The van der Waals surface area contributed by atoms with Gasteiger partial charge >= 0.3 is 0 Å². The molecule has 2 atom stereocenters. The molecular formula is C13H17N3OS. The Bertz CT molecular complexity index is 433. The Balaban J connectivity index is 2.20. The summed E-state index contributed by atoms with van der Waals surface area (Å²) in [5.41, 5.74) is 8.08. The molecule has 0 saturated heterocycles. The van der Waals surface area contributed by atoms with Gasteiger partial charge in [0.05, 0.1) is 0 Å². The van der Waals surface area contributed by atoms with E-state index in [1.165, 1.54) is 4.90 Å². The Morgan fingerprint density at radius 3 is 2.83 bits per heavy atom. The third-order valence-corrected chi connectivity index (χ3v) is 4.78. The average Bonchev–Trinajstić information content (AvgIpc) is 2.42. The summed E-state index contributed by atoms with van der Waals surface area (Å²) >= 11 is 1.75. The zero-order valence-electron chi connectivity index (χ0n) is 10.5. The lowest BCUT2D eigenvalue weighted by atomic mass is 9.91. The van der Waals surface area contributed by atoms with Crippen LogP contribution in [-0.2, 0) is 4.74 Å². The molecule has 0 aromatic heterocycles. The second-order valence-corrected chi connectivity index (χ2v) is 5.68. The van der Waals surface area contributed by atoms with E-state index in [0.29, 0.717) is 0 Å². The molecule has 96 valence electrons. The van der Waals surface area contributed by atoms with Gasteiger partial charge in [-0.25, -0.2) is 0 Å². The number of hydrogen-bond acceptors (Lipinski definition) is 3. The third kappa shape index (κ3) is 2.80. The van der Waals surface area contributed by atoms with Crippen molar-refractivity contribution < 1.29 is 4.74 Å². The van der Waals surface area contributed by atoms with Crippen LogP contribution in [0.1, 0.15) is 25.7 Å². The van der Waals surface area contributed by atoms with Crippen LogP contribution in [0.3, 0.4) is 0 Å². The van der Waals surface area contributed by atoms with Gasteiger partial charge in [-0.1, -0.05) is 36.2 Å². The summed E-state index contributed by atoms with van der Waals surface area (Å²) < 4.78 is 5.56. The van der Waals surface area contributed by atoms with Gasteiger partial charge in [0, 0.05) is 22.2 Å². The van der Waals surface area contributed by atoms with Crippen molar-refractivity contribution in [2.75, 3.05) is 7.11 Å². The molecule has 0 heterocycles. The van der Waals surface area contributed by atoms with Crippen molar-refractivity contribution in [2.24, 2.45) is 5.11 Å². The fourth-order valence-corrected chi connectivity index (χ4v) is 3.75. The van der Waals surface area contributed by atoms with E-state index in [9.17, 15) is 0 Å². The van der Waals surface area contributed by atoms with Crippen molar-refractivity contribution in [2.45, 2.75) is 41.6 Å². The summed E-state index contributed by atoms with van der Waals surface area (Å²) in [6.07, 6.45) is 4.04. The second kappa shape index (κ2) is 6.14. The SMILES string of the molecule is COC1(N=[N+]=[N-])CCCCC1Sc1ccccc1. The molecule has 2 rings (SSSR count). The second-order valence-electron chi connectivity index (χ2n) is 4.40. The Kier molecular flexibility index (Phi) is 4.53. The number of ether oxygens (including phenoxy) is 1. The monoisotopic (exact) mass is 263 g/mol. The maximum Gasteiger partial charge on any atom is 0.158 e. The van der Waals surface area contributed by atoms with Gasteiger partial charge < -0.3 is 4.74 Å². The van der Waals surface area contributed by atoms with Crippen LogP contribution >= 0.6 is 11.8 Å². The first kappa shape index (κ1) is 13.3. The van der Waals surface area contributed by atoms with E-state index in [1.54, 1.807) is 18.9 Å². The van der Waals surface area contributed by atoms with E-state index in [4.69, 9.17) is 10.3 Å². The van der Waals surface area contributed by atoms with Gasteiger partial charge in [-0.2, -0.15) is 0 Å². The highest BCUT2D eigenvalue weighted by Gasteiger charge is 2.41. The van der Waals surface area contributed by atoms with E-state index >= 15 is 0 Å².